The lowest BCUT2D eigenvalue weighted by Crippen LogP contribution is -2.10. The van der Waals surface area contributed by atoms with Crippen molar-refractivity contribution in [3.63, 3.8) is 0 Å². The van der Waals surface area contributed by atoms with Gasteiger partial charge in [-0.2, -0.15) is 0 Å². The van der Waals surface area contributed by atoms with Crippen LogP contribution in [0.15, 0.2) is 10.5 Å². The van der Waals surface area contributed by atoms with E-state index in [0.29, 0.717) is 10.2 Å². The van der Waals surface area contributed by atoms with Crippen LogP contribution in [0.25, 0.3) is 0 Å². The summed E-state index contributed by atoms with van der Waals surface area (Å²) in [5.41, 5.74) is 2.16. The van der Waals surface area contributed by atoms with E-state index in [1.807, 2.05) is 5.48 Å². The number of hydrogen-bond acceptors (Lipinski definition) is 4. The fourth-order valence-corrected chi connectivity index (χ4v) is 1.72. The number of hydroxylamine groups is 1. The summed E-state index contributed by atoms with van der Waals surface area (Å²) in [6, 6.07) is 1.58. The molecule has 1 aromatic rings. The molecule has 4 nitrogen and oxygen atoms in total. The zero-order valence-electron chi connectivity index (χ0n) is 8.30. The summed E-state index contributed by atoms with van der Waals surface area (Å²) in [6.07, 6.45) is 0. The van der Waals surface area contributed by atoms with E-state index >= 15 is 0 Å². The van der Waals surface area contributed by atoms with E-state index < -0.39 is 5.82 Å². The molecule has 0 saturated heterocycles. The number of rotatable bonds is 4. The maximum absolute atomic E-state index is 13.8. The summed E-state index contributed by atoms with van der Waals surface area (Å²) >= 11 is 3.18. The third-order valence-electron chi connectivity index (χ3n) is 1.91. The molecule has 0 heterocycles. The average molecular weight is 280 g/mol. The van der Waals surface area contributed by atoms with Gasteiger partial charge in [-0.3, -0.25) is 0 Å². The average Bonchev–Trinajstić information content (AvgIpc) is 2.23. The largest absolute Gasteiger partial charge is 0.493 e. The summed E-state index contributed by atoms with van der Waals surface area (Å²) in [6.45, 7) is -0.0211. The molecule has 0 atom stereocenters. The lowest BCUT2D eigenvalue weighted by Gasteiger charge is -2.13. The maximum Gasteiger partial charge on any atom is 0.197 e. The van der Waals surface area contributed by atoms with E-state index in [0.717, 1.165) is 0 Å². The van der Waals surface area contributed by atoms with Gasteiger partial charge in [-0.05, 0) is 6.07 Å². The van der Waals surface area contributed by atoms with Crippen LogP contribution in [0, 0.1) is 5.82 Å². The number of nitrogens with one attached hydrogen (secondary N) is 1. The lowest BCUT2D eigenvalue weighted by molar-refractivity contribution is 0.159. The fourth-order valence-electron chi connectivity index (χ4n) is 1.20. The number of benzene rings is 1. The first-order chi connectivity index (χ1) is 7.15. The fraction of sp³-hybridized carbons (Fsp3) is 0.333. The Balaban J connectivity index is 3.31. The van der Waals surface area contributed by atoms with Gasteiger partial charge in [0.2, 0.25) is 0 Å². The number of halogens is 2. The molecular weight excluding hydrogens is 269 g/mol. The minimum Gasteiger partial charge on any atom is -0.493 e. The molecule has 2 N–H and O–H groups in total. The molecule has 0 bridgehead atoms. The first-order valence-electron chi connectivity index (χ1n) is 4.11. The quantitative estimate of drug-likeness (QED) is 0.829. The molecule has 1 rings (SSSR count). The van der Waals surface area contributed by atoms with Crippen LogP contribution >= 0.6 is 15.9 Å². The highest BCUT2D eigenvalue weighted by molar-refractivity contribution is 9.10. The van der Waals surface area contributed by atoms with Crippen molar-refractivity contribution in [3.8, 4) is 11.5 Å². The summed E-state index contributed by atoms with van der Waals surface area (Å²) < 4.78 is 24.1. The van der Waals surface area contributed by atoms with Gasteiger partial charge in [0.05, 0.1) is 14.2 Å². The van der Waals surface area contributed by atoms with Crippen molar-refractivity contribution in [1.29, 1.82) is 0 Å². The van der Waals surface area contributed by atoms with Crippen molar-refractivity contribution < 1.29 is 19.1 Å². The van der Waals surface area contributed by atoms with Crippen LogP contribution in [-0.4, -0.2) is 19.4 Å². The van der Waals surface area contributed by atoms with Gasteiger partial charge in [0, 0.05) is 16.6 Å². The number of ether oxygens (including phenoxy) is 2. The molecule has 0 spiro atoms. The van der Waals surface area contributed by atoms with Crippen molar-refractivity contribution in [3.05, 3.63) is 21.9 Å². The third kappa shape index (κ3) is 2.39. The van der Waals surface area contributed by atoms with Gasteiger partial charge >= 0.3 is 0 Å². The van der Waals surface area contributed by atoms with E-state index in [-0.39, 0.29) is 17.9 Å². The van der Waals surface area contributed by atoms with Crippen LogP contribution in [0.2, 0.25) is 0 Å². The van der Waals surface area contributed by atoms with Gasteiger partial charge in [-0.1, -0.05) is 15.9 Å². The second kappa shape index (κ2) is 5.29. The van der Waals surface area contributed by atoms with E-state index in [9.17, 15) is 4.39 Å². The molecule has 0 amide bonds. The highest BCUT2D eigenvalue weighted by atomic mass is 79.9. The summed E-state index contributed by atoms with van der Waals surface area (Å²) in [7, 11) is 2.78. The number of hydrogen-bond donors (Lipinski definition) is 2. The van der Waals surface area contributed by atoms with Gasteiger partial charge < -0.3 is 14.7 Å². The Morgan fingerprint density at radius 1 is 1.47 bits per heavy atom. The third-order valence-corrected chi connectivity index (χ3v) is 2.62. The topological polar surface area (TPSA) is 50.7 Å². The van der Waals surface area contributed by atoms with Crippen LogP contribution in [0.3, 0.4) is 0 Å². The Kier molecular flexibility index (Phi) is 4.31. The highest BCUT2D eigenvalue weighted by Crippen LogP contribution is 2.36. The second-order valence-corrected chi connectivity index (χ2v) is 3.58. The molecule has 0 aromatic heterocycles. The molecule has 0 aliphatic rings. The van der Waals surface area contributed by atoms with Crippen LogP contribution in [-0.2, 0) is 6.54 Å². The molecule has 6 heteroatoms. The smallest absolute Gasteiger partial charge is 0.197 e. The minimum absolute atomic E-state index is 0.0194. The zero-order valence-corrected chi connectivity index (χ0v) is 9.89. The minimum atomic E-state index is -0.565. The van der Waals surface area contributed by atoms with Crippen molar-refractivity contribution in [2.75, 3.05) is 14.2 Å². The normalized spacial score (nSPS) is 10.2. The van der Waals surface area contributed by atoms with Gasteiger partial charge in [0.1, 0.15) is 0 Å². The van der Waals surface area contributed by atoms with E-state index in [4.69, 9.17) is 14.7 Å². The SMILES string of the molecule is COc1cc(Br)c(CNO)c(F)c1OC. The Morgan fingerprint density at radius 2 is 2.13 bits per heavy atom. The standard InChI is InChI=1S/C9H11BrFNO3/c1-14-7-3-6(10)5(4-12-13)8(11)9(7)15-2/h3,12-13H,4H2,1-2H3. The van der Waals surface area contributed by atoms with Gasteiger partial charge in [-0.25, -0.2) is 9.87 Å². The molecule has 84 valence electrons. The van der Waals surface area contributed by atoms with Crippen LogP contribution in [0.1, 0.15) is 5.56 Å². The maximum atomic E-state index is 13.8. The van der Waals surface area contributed by atoms with Crippen LogP contribution in [0.4, 0.5) is 4.39 Å². The predicted octanol–water partition coefficient (Wildman–Crippen LogP) is 2.08. The summed E-state index contributed by atoms with van der Waals surface area (Å²) in [4.78, 5) is 0. The molecule has 1 aromatic carbocycles. The van der Waals surface area contributed by atoms with Gasteiger partial charge in [-0.15, -0.1) is 0 Å². The summed E-state index contributed by atoms with van der Waals surface area (Å²) in [5, 5.41) is 8.55. The predicted molar refractivity (Wildman–Crippen MR) is 55.8 cm³/mol. The van der Waals surface area contributed by atoms with E-state index in [1.54, 1.807) is 6.07 Å². The second-order valence-electron chi connectivity index (χ2n) is 2.72. The highest BCUT2D eigenvalue weighted by Gasteiger charge is 2.18. The Labute approximate surface area is 95.1 Å². The molecule has 15 heavy (non-hydrogen) atoms. The van der Waals surface area contributed by atoms with Crippen molar-refractivity contribution in [2.45, 2.75) is 6.54 Å². The van der Waals surface area contributed by atoms with Crippen molar-refractivity contribution in [1.82, 2.24) is 5.48 Å². The number of methoxy groups -OCH3 is 2. The van der Waals surface area contributed by atoms with Crippen LogP contribution < -0.4 is 15.0 Å². The van der Waals surface area contributed by atoms with E-state index in [2.05, 4.69) is 15.9 Å². The monoisotopic (exact) mass is 279 g/mol. The summed E-state index contributed by atoms with van der Waals surface area (Å²) in [5.74, 6) is -0.250. The molecular formula is C9H11BrFNO3. The van der Waals surface area contributed by atoms with Crippen LogP contribution in [0.5, 0.6) is 11.5 Å². The first-order valence-corrected chi connectivity index (χ1v) is 4.90. The molecule has 0 aliphatic heterocycles. The Bertz CT molecular complexity index is 360. The van der Waals surface area contributed by atoms with E-state index in [1.165, 1.54) is 14.2 Å². The molecule has 0 saturated carbocycles. The van der Waals surface area contributed by atoms with Crippen molar-refractivity contribution >= 4 is 15.9 Å². The van der Waals surface area contributed by atoms with Crippen molar-refractivity contribution in [2.24, 2.45) is 0 Å². The van der Waals surface area contributed by atoms with Gasteiger partial charge in [0.25, 0.3) is 0 Å². The first kappa shape index (κ1) is 12.2. The Hall–Kier alpha value is -0.850. The molecule has 0 fully saturated rings. The van der Waals surface area contributed by atoms with Gasteiger partial charge in [0.15, 0.2) is 17.3 Å². The Morgan fingerprint density at radius 3 is 2.60 bits per heavy atom. The molecule has 0 radical (unpaired) electrons. The molecule has 0 unspecified atom stereocenters. The lowest BCUT2D eigenvalue weighted by atomic mass is 10.2. The molecule has 0 aliphatic carbocycles. The zero-order chi connectivity index (χ0) is 11.4.